The lowest BCUT2D eigenvalue weighted by molar-refractivity contribution is 0.0948. The fraction of sp³-hybridized carbons (Fsp3) is 0.333. The fourth-order valence-corrected chi connectivity index (χ4v) is 3.21. The maximum Gasteiger partial charge on any atom is 0.252 e. The Bertz CT molecular complexity index is 723. The van der Waals surface area contributed by atoms with E-state index in [4.69, 9.17) is 16.3 Å². The number of carbonyl (C=O) groups excluding carboxylic acids is 1. The number of amides is 1. The minimum absolute atomic E-state index is 0.154. The Kier molecular flexibility index (Phi) is 5.20. The molecule has 0 unspecified atom stereocenters. The molecule has 0 bridgehead atoms. The van der Waals surface area contributed by atoms with E-state index in [2.05, 4.69) is 21.3 Å². The molecule has 126 valence electrons. The van der Waals surface area contributed by atoms with Crippen molar-refractivity contribution in [2.45, 2.75) is 6.42 Å². The lowest BCUT2D eigenvalue weighted by atomic mass is 10.1. The van der Waals surface area contributed by atoms with Crippen molar-refractivity contribution < 1.29 is 9.53 Å². The van der Waals surface area contributed by atoms with E-state index in [1.54, 1.807) is 19.4 Å². The minimum Gasteiger partial charge on any atom is -0.495 e. The monoisotopic (exact) mass is 345 g/mol. The maximum absolute atomic E-state index is 12.2. The first-order valence-corrected chi connectivity index (χ1v) is 8.32. The van der Waals surface area contributed by atoms with Crippen molar-refractivity contribution in [1.82, 2.24) is 10.3 Å². The van der Waals surface area contributed by atoms with Crippen molar-refractivity contribution in [2.75, 3.05) is 31.6 Å². The van der Waals surface area contributed by atoms with Crippen LogP contribution in [0.5, 0.6) is 5.75 Å². The number of benzene rings is 1. The molecule has 5 nitrogen and oxygen atoms in total. The molecule has 1 aromatic heterocycles. The average molecular weight is 346 g/mol. The normalized spacial score (nSPS) is 16.9. The molecule has 6 heteroatoms. The fourth-order valence-electron chi connectivity index (χ4n) is 3.00. The Morgan fingerprint density at radius 2 is 2.25 bits per heavy atom. The lowest BCUT2D eigenvalue weighted by Crippen LogP contribution is -2.31. The second kappa shape index (κ2) is 7.53. The molecule has 0 saturated carbocycles. The van der Waals surface area contributed by atoms with E-state index >= 15 is 0 Å². The van der Waals surface area contributed by atoms with Crippen LogP contribution in [0.3, 0.4) is 0 Å². The highest BCUT2D eigenvalue weighted by molar-refractivity contribution is 6.33. The number of ether oxygens (including phenoxy) is 1. The number of nitrogens with zero attached hydrogens (tertiary/aromatic N) is 2. The van der Waals surface area contributed by atoms with Gasteiger partial charge in [0, 0.05) is 32.0 Å². The van der Waals surface area contributed by atoms with E-state index in [0.29, 0.717) is 23.0 Å². The molecule has 1 aliphatic heterocycles. The van der Waals surface area contributed by atoms with Gasteiger partial charge < -0.3 is 15.0 Å². The van der Waals surface area contributed by atoms with Gasteiger partial charge in [-0.3, -0.25) is 9.78 Å². The zero-order valence-electron chi connectivity index (χ0n) is 13.5. The van der Waals surface area contributed by atoms with Gasteiger partial charge in [0.05, 0.1) is 23.4 Å². The number of carbonyl (C=O) groups is 1. The average Bonchev–Trinajstić information content (AvgIpc) is 3.09. The minimum atomic E-state index is -0.154. The summed E-state index contributed by atoms with van der Waals surface area (Å²) in [5.74, 6) is 1.13. The molecule has 0 spiro atoms. The van der Waals surface area contributed by atoms with Crippen molar-refractivity contribution in [3.05, 3.63) is 53.3 Å². The van der Waals surface area contributed by atoms with Crippen LogP contribution in [0.2, 0.25) is 5.02 Å². The summed E-state index contributed by atoms with van der Waals surface area (Å²) in [4.78, 5) is 18.4. The number of halogens is 1. The van der Waals surface area contributed by atoms with Gasteiger partial charge in [-0.1, -0.05) is 23.7 Å². The predicted molar refractivity (Wildman–Crippen MR) is 94.9 cm³/mol. The highest BCUT2D eigenvalue weighted by atomic mass is 35.5. The van der Waals surface area contributed by atoms with E-state index in [9.17, 15) is 4.79 Å². The van der Waals surface area contributed by atoms with Crippen LogP contribution in [0.1, 0.15) is 16.8 Å². The van der Waals surface area contributed by atoms with E-state index in [0.717, 1.165) is 30.9 Å². The topological polar surface area (TPSA) is 54.5 Å². The first kappa shape index (κ1) is 16.6. The molecule has 0 radical (unpaired) electrons. The third kappa shape index (κ3) is 3.62. The molecule has 1 aromatic carbocycles. The number of pyridine rings is 1. The molecule has 3 rings (SSSR count). The van der Waals surface area contributed by atoms with Crippen LogP contribution in [-0.4, -0.2) is 37.6 Å². The van der Waals surface area contributed by atoms with E-state index in [1.807, 2.05) is 18.2 Å². The van der Waals surface area contributed by atoms with Crippen LogP contribution in [-0.2, 0) is 0 Å². The smallest absolute Gasteiger partial charge is 0.252 e. The van der Waals surface area contributed by atoms with Crippen molar-refractivity contribution in [2.24, 2.45) is 5.92 Å². The molecule has 1 saturated heterocycles. The number of nitrogens with one attached hydrogen (secondary N) is 1. The number of hydrogen-bond acceptors (Lipinski definition) is 4. The molecule has 1 fully saturated rings. The lowest BCUT2D eigenvalue weighted by Gasteiger charge is -2.21. The Morgan fingerprint density at radius 1 is 1.42 bits per heavy atom. The second-order valence-corrected chi connectivity index (χ2v) is 6.25. The highest BCUT2D eigenvalue weighted by Crippen LogP contribution is 2.31. The summed E-state index contributed by atoms with van der Waals surface area (Å²) in [6.45, 7) is 2.48. The summed E-state index contributed by atoms with van der Waals surface area (Å²) in [5, 5.41) is 3.35. The van der Waals surface area contributed by atoms with Crippen LogP contribution >= 0.6 is 11.6 Å². The maximum atomic E-state index is 12.2. The molecular formula is C18H20ClN3O2. The van der Waals surface area contributed by atoms with Gasteiger partial charge in [0.15, 0.2) is 0 Å². The zero-order valence-corrected chi connectivity index (χ0v) is 14.3. The van der Waals surface area contributed by atoms with Gasteiger partial charge in [-0.15, -0.1) is 0 Å². The summed E-state index contributed by atoms with van der Waals surface area (Å²) < 4.78 is 5.43. The molecule has 1 atom stereocenters. The van der Waals surface area contributed by atoms with Gasteiger partial charge in [-0.25, -0.2) is 0 Å². The van der Waals surface area contributed by atoms with Gasteiger partial charge in [0.25, 0.3) is 5.91 Å². The van der Waals surface area contributed by atoms with Gasteiger partial charge in [-0.2, -0.15) is 0 Å². The predicted octanol–water partition coefficient (Wildman–Crippen LogP) is 3.00. The molecule has 0 aliphatic carbocycles. The Balaban J connectivity index is 1.57. The molecule has 2 aromatic rings. The van der Waals surface area contributed by atoms with Crippen molar-refractivity contribution in [3.63, 3.8) is 0 Å². The highest BCUT2D eigenvalue weighted by Gasteiger charge is 2.25. The van der Waals surface area contributed by atoms with Crippen LogP contribution < -0.4 is 15.0 Å². The molecule has 24 heavy (non-hydrogen) atoms. The van der Waals surface area contributed by atoms with Crippen molar-refractivity contribution >= 4 is 23.2 Å². The van der Waals surface area contributed by atoms with Crippen LogP contribution in [0.25, 0.3) is 0 Å². The largest absolute Gasteiger partial charge is 0.495 e. The first-order valence-electron chi connectivity index (χ1n) is 7.94. The quantitative estimate of drug-likeness (QED) is 0.905. The van der Waals surface area contributed by atoms with Crippen LogP contribution in [0.15, 0.2) is 42.7 Å². The molecule has 1 amide bonds. The van der Waals surface area contributed by atoms with E-state index < -0.39 is 0 Å². The SMILES string of the molecule is COc1ccccc1N1CC[C@H](CNC(=O)c2ccncc2Cl)C1. The number of rotatable bonds is 5. The van der Waals surface area contributed by atoms with Crippen molar-refractivity contribution in [1.29, 1.82) is 0 Å². The Labute approximate surface area is 146 Å². The zero-order chi connectivity index (χ0) is 16.9. The number of aromatic nitrogens is 1. The first-order chi connectivity index (χ1) is 11.7. The molecular weight excluding hydrogens is 326 g/mol. The number of para-hydroxylation sites is 2. The molecule has 1 aliphatic rings. The number of hydrogen-bond donors (Lipinski definition) is 1. The summed E-state index contributed by atoms with van der Waals surface area (Å²) in [6.07, 6.45) is 4.08. The standard InChI is InChI=1S/C18H20ClN3O2/c1-24-17-5-3-2-4-16(17)22-9-7-13(12-22)10-21-18(23)14-6-8-20-11-15(14)19/h2-6,8,11,13H,7,9-10,12H2,1H3,(H,21,23)/t13-/m1/s1. The molecule has 1 N–H and O–H groups in total. The Hall–Kier alpha value is -2.27. The van der Waals surface area contributed by atoms with E-state index in [-0.39, 0.29) is 5.91 Å². The number of anilines is 1. The third-order valence-corrected chi connectivity index (χ3v) is 4.58. The van der Waals surface area contributed by atoms with Gasteiger partial charge in [0.2, 0.25) is 0 Å². The summed E-state index contributed by atoms with van der Waals surface area (Å²) >= 11 is 6.01. The third-order valence-electron chi connectivity index (χ3n) is 4.28. The number of methoxy groups -OCH3 is 1. The van der Waals surface area contributed by atoms with Gasteiger partial charge in [-0.05, 0) is 30.5 Å². The van der Waals surface area contributed by atoms with Gasteiger partial charge in [0.1, 0.15) is 5.75 Å². The second-order valence-electron chi connectivity index (χ2n) is 5.84. The van der Waals surface area contributed by atoms with Crippen molar-refractivity contribution in [3.8, 4) is 5.75 Å². The van der Waals surface area contributed by atoms with E-state index in [1.165, 1.54) is 6.20 Å². The summed E-state index contributed by atoms with van der Waals surface area (Å²) in [5.41, 5.74) is 1.57. The summed E-state index contributed by atoms with van der Waals surface area (Å²) in [6, 6.07) is 9.65. The van der Waals surface area contributed by atoms with Gasteiger partial charge >= 0.3 is 0 Å². The van der Waals surface area contributed by atoms with Crippen LogP contribution in [0.4, 0.5) is 5.69 Å². The Morgan fingerprint density at radius 3 is 3.04 bits per heavy atom. The van der Waals surface area contributed by atoms with Crippen LogP contribution in [0, 0.1) is 5.92 Å². The summed E-state index contributed by atoms with van der Waals surface area (Å²) in [7, 11) is 1.69. The molecule has 2 heterocycles.